The van der Waals surface area contributed by atoms with Gasteiger partial charge in [-0.05, 0) is 31.4 Å². The molecular weight excluding hydrogens is 300 g/mol. The van der Waals surface area contributed by atoms with Crippen molar-refractivity contribution < 1.29 is 5.11 Å². The third-order valence-electron chi connectivity index (χ3n) is 5.21. The average Bonchev–Trinajstić information content (AvgIpc) is 2.96. The van der Waals surface area contributed by atoms with Gasteiger partial charge < -0.3 is 5.11 Å². The van der Waals surface area contributed by atoms with E-state index >= 15 is 0 Å². The zero-order valence-electron chi connectivity index (χ0n) is 15.7. The van der Waals surface area contributed by atoms with Gasteiger partial charge in [0.25, 0.3) is 0 Å². The molecule has 0 saturated heterocycles. The van der Waals surface area contributed by atoms with Gasteiger partial charge in [-0.25, -0.2) is 0 Å². The first-order valence-corrected chi connectivity index (χ1v) is 11.7. The lowest BCUT2D eigenvalue weighted by molar-refractivity contribution is 0.183. The molecule has 0 aliphatic heterocycles. The van der Waals surface area contributed by atoms with E-state index in [0.29, 0.717) is 0 Å². The van der Waals surface area contributed by atoms with Crippen molar-refractivity contribution in [1.82, 2.24) is 0 Å². The molecule has 1 saturated carbocycles. The first-order valence-electron chi connectivity index (χ1n) is 10.6. The molecule has 0 radical (unpaired) electrons. The van der Waals surface area contributed by atoms with E-state index in [0.717, 1.165) is 18.1 Å². The van der Waals surface area contributed by atoms with Gasteiger partial charge in [0.2, 0.25) is 0 Å². The predicted molar refractivity (Wildman–Crippen MR) is 106 cm³/mol. The summed E-state index contributed by atoms with van der Waals surface area (Å²) < 4.78 is 0. The van der Waals surface area contributed by atoms with Crippen molar-refractivity contribution in [2.75, 3.05) is 5.75 Å². The highest BCUT2D eigenvalue weighted by Gasteiger charge is 2.22. The van der Waals surface area contributed by atoms with Crippen LogP contribution in [0.1, 0.15) is 116 Å². The lowest BCUT2D eigenvalue weighted by Crippen LogP contribution is -2.02. The molecule has 2 unspecified atom stereocenters. The second-order valence-corrected chi connectivity index (χ2v) is 8.96. The van der Waals surface area contributed by atoms with Crippen molar-refractivity contribution in [2.24, 2.45) is 0 Å². The maximum absolute atomic E-state index is 9.51. The molecule has 1 fully saturated rings. The fourth-order valence-electron chi connectivity index (χ4n) is 3.62. The fourth-order valence-corrected chi connectivity index (χ4v) is 4.98. The number of unbranched alkanes of at least 4 members (excludes halogenated alkanes) is 13. The van der Waals surface area contributed by atoms with Gasteiger partial charge in [-0.2, -0.15) is 11.8 Å². The fraction of sp³-hybridized carbons (Fsp3) is 1.00. The van der Waals surface area contributed by atoms with Gasteiger partial charge in [-0.3, -0.25) is 0 Å². The maximum atomic E-state index is 9.51. The Morgan fingerprint density at radius 2 is 1.17 bits per heavy atom. The van der Waals surface area contributed by atoms with Crippen molar-refractivity contribution in [3.8, 4) is 0 Å². The molecule has 2 atom stereocenters. The Morgan fingerprint density at radius 3 is 1.61 bits per heavy atom. The molecular formula is C21H42OS. The molecule has 1 aliphatic rings. The van der Waals surface area contributed by atoms with Crippen LogP contribution >= 0.6 is 11.8 Å². The van der Waals surface area contributed by atoms with Gasteiger partial charge in [0, 0.05) is 5.25 Å². The van der Waals surface area contributed by atoms with E-state index in [4.69, 9.17) is 0 Å². The quantitative estimate of drug-likeness (QED) is 0.301. The van der Waals surface area contributed by atoms with Gasteiger partial charge in [-0.15, -0.1) is 0 Å². The predicted octanol–water partition coefficient (Wildman–Crippen LogP) is 7.11. The van der Waals surface area contributed by atoms with Crippen molar-refractivity contribution in [2.45, 2.75) is 127 Å². The van der Waals surface area contributed by atoms with E-state index in [2.05, 4.69) is 18.7 Å². The van der Waals surface area contributed by atoms with Crippen molar-refractivity contribution in [3.05, 3.63) is 0 Å². The smallest absolute Gasteiger partial charge is 0.0551 e. The van der Waals surface area contributed by atoms with E-state index in [1.54, 1.807) is 0 Å². The van der Waals surface area contributed by atoms with E-state index in [-0.39, 0.29) is 6.10 Å². The molecule has 1 N–H and O–H groups in total. The largest absolute Gasteiger partial charge is 0.393 e. The highest BCUT2D eigenvalue weighted by Crippen LogP contribution is 2.30. The molecule has 0 heterocycles. The molecule has 0 aromatic carbocycles. The monoisotopic (exact) mass is 342 g/mol. The second-order valence-electron chi connectivity index (χ2n) is 7.56. The summed E-state index contributed by atoms with van der Waals surface area (Å²) in [5, 5.41) is 10.3. The number of rotatable bonds is 16. The standard InChI is InChI=1S/C21H42OS/c1-2-3-4-5-6-7-8-9-10-11-12-13-14-15-18-23-21-17-16-20(22)19-21/h20-22H,2-19H2,1H3. The third-order valence-corrected chi connectivity index (χ3v) is 6.63. The minimum absolute atomic E-state index is 0.00356. The van der Waals surface area contributed by atoms with E-state index in [9.17, 15) is 5.11 Å². The number of hydrogen-bond donors (Lipinski definition) is 1. The van der Waals surface area contributed by atoms with Crippen LogP contribution in [0.15, 0.2) is 0 Å². The zero-order valence-corrected chi connectivity index (χ0v) is 16.6. The zero-order chi connectivity index (χ0) is 16.6. The van der Waals surface area contributed by atoms with Crippen molar-refractivity contribution in [3.63, 3.8) is 0 Å². The lowest BCUT2D eigenvalue weighted by Gasteiger charge is -2.08. The first-order chi connectivity index (χ1) is 11.3. The summed E-state index contributed by atoms with van der Waals surface area (Å²) >= 11 is 2.11. The topological polar surface area (TPSA) is 20.2 Å². The number of aliphatic hydroxyl groups excluding tert-OH is 1. The third kappa shape index (κ3) is 13.3. The summed E-state index contributed by atoms with van der Waals surface area (Å²) in [6.45, 7) is 2.29. The average molecular weight is 343 g/mol. The van der Waals surface area contributed by atoms with Crippen LogP contribution in [0.5, 0.6) is 0 Å². The Bertz CT molecular complexity index is 244. The summed E-state index contributed by atoms with van der Waals surface area (Å²) in [6, 6.07) is 0. The number of hydrogen-bond acceptors (Lipinski definition) is 2. The minimum atomic E-state index is 0.00356. The lowest BCUT2D eigenvalue weighted by atomic mass is 10.0. The van der Waals surface area contributed by atoms with Gasteiger partial charge >= 0.3 is 0 Å². The van der Waals surface area contributed by atoms with Gasteiger partial charge in [0.15, 0.2) is 0 Å². The molecule has 1 nitrogen and oxygen atoms in total. The molecule has 0 aromatic heterocycles. The van der Waals surface area contributed by atoms with Crippen LogP contribution in [0, 0.1) is 0 Å². The Morgan fingerprint density at radius 1 is 0.696 bits per heavy atom. The Balaban J connectivity index is 1.67. The molecule has 2 heteroatoms. The first kappa shape index (κ1) is 21.4. The Kier molecular flexibility index (Phi) is 14.7. The maximum Gasteiger partial charge on any atom is 0.0551 e. The Labute approximate surface area is 150 Å². The van der Waals surface area contributed by atoms with E-state index < -0.39 is 0 Å². The number of thioether (sulfide) groups is 1. The van der Waals surface area contributed by atoms with E-state index in [1.165, 1.54) is 102 Å². The van der Waals surface area contributed by atoms with Crippen LogP contribution in [0.25, 0.3) is 0 Å². The van der Waals surface area contributed by atoms with Gasteiger partial charge in [0.1, 0.15) is 0 Å². The number of aliphatic hydroxyl groups is 1. The van der Waals surface area contributed by atoms with Gasteiger partial charge in [0.05, 0.1) is 6.10 Å². The van der Waals surface area contributed by atoms with Crippen LogP contribution in [0.2, 0.25) is 0 Å². The molecule has 1 rings (SSSR count). The van der Waals surface area contributed by atoms with E-state index in [1.807, 2.05) is 0 Å². The minimum Gasteiger partial charge on any atom is -0.393 e. The highest BCUT2D eigenvalue weighted by molar-refractivity contribution is 7.99. The summed E-state index contributed by atoms with van der Waals surface area (Å²) in [5.74, 6) is 1.31. The summed E-state index contributed by atoms with van der Waals surface area (Å²) in [5.41, 5.74) is 0. The summed E-state index contributed by atoms with van der Waals surface area (Å²) in [6.07, 6.45) is 23.5. The van der Waals surface area contributed by atoms with Crippen LogP contribution in [-0.2, 0) is 0 Å². The molecule has 0 bridgehead atoms. The normalized spacial score (nSPS) is 21.1. The summed E-state index contributed by atoms with van der Waals surface area (Å²) in [4.78, 5) is 0. The van der Waals surface area contributed by atoms with Crippen LogP contribution in [-0.4, -0.2) is 22.2 Å². The molecule has 23 heavy (non-hydrogen) atoms. The molecule has 0 spiro atoms. The Hall–Kier alpha value is 0.310. The van der Waals surface area contributed by atoms with Crippen LogP contribution < -0.4 is 0 Å². The SMILES string of the molecule is CCCCCCCCCCCCCCCCSC1CCC(O)C1. The molecule has 0 amide bonds. The van der Waals surface area contributed by atoms with Crippen molar-refractivity contribution in [1.29, 1.82) is 0 Å². The second kappa shape index (κ2) is 15.8. The van der Waals surface area contributed by atoms with Gasteiger partial charge in [-0.1, -0.05) is 90.4 Å². The molecule has 138 valence electrons. The summed E-state index contributed by atoms with van der Waals surface area (Å²) in [7, 11) is 0. The van der Waals surface area contributed by atoms with Crippen LogP contribution in [0.4, 0.5) is 0 Å². The van der Waals surface area contributed by atoms with Crippen molar-refractivity contribution >= 4 is 11.8 Å². The molecule has 1 aliphatic carbocycles. The molecule has 0 aromatic rings. The highest BCUT2D eigenvalue weighted by atomic mass is 32.2. The van der Waals surface area contributed by atoms with Crippen LogP contribution in [0.3, 0.4) is 0 Å².